The topological polar surface area (TPSA) is 58.5 Å². The van der Waals surface area contributed by atoms with Crippen LogP contribution in [0, 0.1) is 0 Å². The molecule has 1 fully saturated rings. The summed E-state index contributed by atoms with van der Waals surface area (Å²) in [6.45, 7) is 2.89. The summed E-state index contributed by atoms with van der Waals surface area (Å²) in [5, 5.41) is 11.7. The summed E-state index contributed by atoms with van der Waals surface area (Å²) < 4.78 is 5.44. The van der Waals surface area contributed by atoms with E-state index in [4.69, 9.17) is 21.3 Å². The molecule has 2 aromatic carbocycles. The van der Waals surface area contributed by atoms with Gasteiger partial charge in [0, 0.05) is 23.5 Å². The number of anilines is 1. The summed E-state index contributed by atoms with van der Waals surface area (Å²) in [5.41, 5.74) is 1.37. The lowest BCUT2D eigenvalue weighted by atomic mass is 10.1. The number of rotatable bonds is 2. The molecule has 1 aromatic heterocycles. The summed E-state index contributed by atoms with van der Waals surface area (Å²) >= 11 is 6.14. The number of aromatic nitrogens is 2. The molecule has 2 heterocycles. The molecule has 1 saturated heterocycles. The molecule has 5 nitrogen and oxygen atoms in total. The van der Waals surface area contributed by atoms with Gasteiger partial charge in [0.1, 0.15) is 11.6 Å². The van der Waals surface area contributed by atoms with Crippen molar-refractivity contribution >= 4 is 28.3 Å². The third-order valence-corrected chi connectivity index (χ3v) is 4.33. The fourth-order valence-corrected chi connectivity index (χ4v) is 3.05. The number of hydrogen-bond acceptors (Lipinski definition) is 5. The quantitative estimate of drug-likeness (QED) is 0.773. The molecule has 1 aliphatic heterocycles. The maximum Gasteiger partial charge on any atom is 0.165 e. The van der Waals surface area contributed by atoms with Gasteiger partial charge in [-0.3, -0.25) is 0 Å². The smallest absolute Gasteiger partial charge is 0.165 e. The first-order valence-corrected chi connectivity index (χ1v) is 8.18. The van der Waals surface area contributed by atoms with E-state index in [-0.39, 0.29) is 5.75 Å². The van der Waals surface area contributed by atoms with Gasteiger partial charge >= 0.3 is 0 Å². The first-order valence-electron chi connectivity index (χ1n) is 7.81. The van der Waals surface area contributed by atoms with Crippen LogP contribution in [0.1, 0.15) is 0 Å². The fourth-order valence-electron chi connectivity index (χ4n) is 2.89. The van der Waals surface area contributed by atoms with Crippen molar-refractivity contribution in [3.05, 3.63) is 47.5 Å². The number of phenols is 1. The highest BCUT2D eigenvalue weighted by molar-refractivity contribution is 6.31. The van der Waals surface area contributed by atoms with Crippen LogP contribution in [-0.2, 0) is 4.74 Å². The first kappa shape index (κ1) is 15.2. The summed E-state index contributed by atoms with van der Waals surface area (Å²) in [6, 6.07) is 12.7. The van der Waals surface area contributed by atoms with Crippen LogP contribution >= 0.6 is 11.6 Å². The average Bonchev–Trinajstić information content (AvgIpc) is 2.61. The zero-order valence-electron chi connectivity index (χ0n) is 12.9. The van der Waals surface area contributed by atoms with Crippen molar-refractivity contribution in [3.63, 3.8) is 0 Å². The van der Waals surface area contributed by atoms with Crippen molar-refractivity contribution in [1.82, 2.24) is 9.97 Å². The Kier molecular flexibility index (Phi) is 3.96. The summed E-state index contributed by atoms with van der Waals surface area (Å²) in [4.78, 5) is 11.5. The molecule has 122 valence electrons. The van der Waals surface area contributed by atoms with Gasteiger partial charge in [0.25, 0.3) is 0 Å². The molecule has 0 aliphatic carbocycles. The summed E-state index contributed by atoms with van der Waals surface area (Å²) in [6.07, 6.45) is 0. The Balaban J connectivity index is 1.93. The van der Waals surface area contributed by atoms with Crippen LogP contribution in [0.4, 0.5) is 5.82 Å². The number of halogens is 1. The predicted molar refractivity (Wildman–Crippen MR) is 94.7 cm³/mol. The van der Waals surface area contributed by atoms with Gasteiger partial charge in [-0.2, -0.15) is 0 Å². The van der Waals surface area contributed by atoms with E-state index >= 15 is 0 Å². The van der Waals surface area contributed by atoms with Crippen LogP contribution in [0.15, 0.2) is 42.5 Å². The van der Waals surface area contributed by atoms with Crippen LogP contribution in [-0.4, -0.2) is 41.4 Å². The van der Waals surface area contributed by atoms with E-state index in [9.17, 15) is 5.11 Å². The normalized spacial score (nSPS) is 15.0. The predicted octanol–water partition coefficient (Wildman–Crippen LogP) is 3.49. The Morgan fingerprint density at radius 2 is 1.83 bits per heavy atom. The highest BCUT2D eigenvalue weighted by atomic mass is 35.5. The molecule has 0 unspecified atom stereocenters. The molecule has 3 aromatic rings. The van der Waals surface area contributed by atoms with Gasteiger partial charge in [-0.1, -0.05) is 23.7 Å². The second kappa shape index (κ2) is 6.26. The number of morpholine rings is 1. The molecule has 1 aliphatic rings. The van der Waals surface area contributed by atoms with E-state index in [1.54, 1.807) is 12.1 Å². The number of ether oxygens (including phenoxy) is 1. The number of para-hydroxylation sites is 1. The van der Waals surface area contributed by atoms with Crippen molar-refractivity contribution in [2.24, 2.45) is 0 Å². The minimum Gasteiger partial charge on any atom is -0.507 e. The molecule has 0 amide bonds. The maximum absolute atomic E-state index is 10.2. The number of nitrogens with zero attached hydrogens (tertiary/aromatic N) is 3. The highest BCUT2D eigenvalue weighted by Gasteiger charge is 2.19. The van der Waals surface area contributed by atoms with E-state index in [0.29, 0.717) is 29.6 Å². The zero-order valence-corrected chi connectivity index (χ0v) is 13.7. The Hall–Kier alpha value is -2.37. The molecular formula is C18H16ClN3O2. The van der Waals surface area contributed by atoms with Gasteiger partial charge in [0.15, 0.2) is 5.82 Å². The van der Waals surface area contributed by atoms with Gasteiger partial charge in [-0.25, -0.2) is 9.97 Å². The third kappa shape index (κ3) is 2.77. The van der Waals surface area contributed by atoms with Crippen molar-refractivity contribution in [1.29, 1.82) is 0 Å². The number of aromatic hydroxyl groups is 1. The molecule has 6 heteroatoms. The van der Waals surface area contributed by atoms with Gasteiger partial charge in [-0.15, -0.1) is 0 Å². The second-order valence-corrected chi connectivity index (χ2v) is 6.09. The zero-order chi connectivity index (χ0) is 16.5. The van der Waals surface area contributed by atoms with Crippen LogP contribution in [0.2, 0.25) is 5.02 Å². The Bertz CT molecular complexity index is 895. The van der Waals surface area contributed by atoms with Crippen LogP contribution in [0.3, 0.4) is 0 Å². The number of benzene rings is 2. The molecule has 1 N–H and O–H groups in total. The molecule has 0 atom stereocenters. The maximum atomic E-state index is 10.2. The largest absolute Gasteiger partial charge is 0.507 e. The SMILES string of the molecule is Oc1ccccc1-c1nc(N2CCOCC2)c2ccc(Cl)cc2n1. The Morgan fingerprint density at radius 1 is 1.04 bits per heavy atom. The molecule has 0 saturated carbocycles. The third-order valence-electron chi connectivity index (χ3n) is 4.09. The molecule has 4 rings (SSSR count). The summed E-state index contributed by atoms with van der Waals surface area (Å²) in [7, 11) is 0. The highest BCUT2D eigenvalue weighted by Crippen LogP contribution is 2.32. The Labute approximate surface area is 144 Å². The van der Waals surface area contributed by atoms with Crippen molar-refractivity contribution in [2.45, 2.75) is 0 Å². The average molecular weight is 342 g/mol. The van der Waals surface area contributed by atoms with E-state index in [0.717, 1.165) is 29.8 Å². The van der Waals surface area contributed by atoms with Crippen LogP contribution in [0.5, 0.6) is 5.75 Å². The minimum atomic E-state index is 0.159. The number of hydrogen-bond donors (Lipinski definition) is 1. The van der Waals surface area contributed by atoms with Crippen LogP contribution in [0.25, 0.3) is 22.3 Å². The van der Waals surface area contributed by atoms with Crippen molar-refractivity contribution in [2.75, 3.05) is 31.2 Å². The number of fused-ring (bicyclic) bond motifs is 1. The van der Waals surface area contributed by atoms with Crippen LogP contribution < -0.4 is 4.90 Å². The second-order valence-electron chi connectivity index (χ2n) is 5.65. The van der Waals surface area contributed by atoms with E-state index < -0.39 is 0 Å². The summed E-state index contributed by atoms with van der Waals surface area (Å²) in [5.74, 6) is 1.49. The van der Waals surface area contributed by atoms with Crippen molar-refractivity contribution < 1.29 is 9.84 Å². The number of phenolic OH excluding ortho intramolecular Hbond substituents is 1. The standard InChI is InChI=1S/C18H16ClN3O2/c19-12-5-6-13-15(11-12)20-17(14-3-1-2-4-16(14)23)21-18(13)22-7-9-24-10-8-22/h1-6,11,23H,7-10H2. The first-order chi connectivity index (χ1) is 11.7. The lowest BCUT2D eigenvalue weighted by Crippen LogP contribution is -2.37. The van der Waals surface area contributed by atoms with E-state index in [2.05, 4.69) is 9.88 Å². The van der Waals surface area contributed by atoms with Gasteiger partial charge in [0.2, 0.25) is 0 Å². The lowest BCUT2D eigenvalue weighted by Gasteiger charge is -2.29. The fraction of sp³-hybridized carbons (Fsp3) is 0.222. The van der Waals surface area contributed by atoms with Crippen molar-refractivity contribution in [3.8, 4) is 17.1 Å². The molecular weight excluding hydrogens is 326 g/mol. The molecule has 0 radical (unpaired) electrons. The minimum absolute atomic E-state index is 0.159. The van der Waals surface area contributed by atoms with E-state index in [1.807, 2.05) is 30.3 Å². The molecule has 24 heavy (non-hydrogen) atoms. The molecule has 0 bridgehead atoms. The molecule has 0 spiro atoms. The van der Waals surface area contributed by atoms with E-state index in [1.165, 1.54) is 0 Å². The Morgan fingerprint density at radius 3 is 2.62 bits per heavy atom. The van der Waals surface area contributed by atoms with Gasteiger partial charge < -0.3 is 14.7 Å². The lowest BCUT2D eigenvalue weighted by molar-refractivity contribution is 0.122. The van der Waals surface area contributed by atoms with Gasteiger partial charge in [-0.05, 0) is 30.3 Å². The monoisotopic (exact) mass is 341 g/mol. The van der Waals surface area contributed by atoms with Gasteiger partial charge in [0.05, 0.1) is 24.3 Å².